The summed E-state index contributed by atoms with van der Waals surface area (Å²) in [4.78, 5) is 26.2. The Morgan fingerprint density at radius 1 is 1.03 bits per heavy atom. The average Bonchev–Trinajstić information content (AvgIpc) is 2.84. The van der Waals surface area contributed by atoms with Crippen molar-refractivity contribution in [2.45, 2.75) is 33.2 Å². The Morgan fingerprint density at radius 3 is 2.45 bits per heavy atom. The van der Waals surface area contributed by atoms with Crippen LogP contribution < -0.4 is 10.1 Å². The molecule has 184 valence electrons. The van der Waals surface area contributed by atoms with Crippen molar-refractivity contribution in [3.8, 4) is 5.75 Å². The summed E-state index contributed by atoms with van der Waals surface area (Å²) in [6, 6.07) is 7.54. The average molecular weight is 483 g/mol. The first-order chi connectivity index (χ1) is 15.9. The highest BCUT2D eigenvalue weighted by atomic mass is 32.2. The first kappa shape index (κ1) is 25.3. The lowest BCUT2D eigenvalue weighted by molar-refractivity contribution is -0.126. The van der Waals surface area contributed by atoms with Crippen LogP contribution >= 0.6 is 0 Å². The van der Waals surface area contributed by atoms with Crippen molar-refractivity contribution in [3.05, 3.63) is 29.8 Å². The van der Waals surface area contributed by atoms with Crippen LogP contribution in [-0.4, -0.2) is 86.4 Å². The smallest absolute Gasteiger partial charge is 0.409 e. The van der Waals surface area contributed by atoms with E-state index in [4.69, 9.17) is 9.47 Å². The minimum Gasteiger partial charge on any atom is -0.494 e. The second-order valence-electron chi connectivity index (χ2n) is 8.05. The molecule has 1 unspecified atom stereocenters. The van der Waals surface area contributed by atoms with Crippen LogP contribution in [-0.2, 0) is 26.3 Å². The zero-order valence-corrected chi connectivity index (χ0v) is 20.2. The monoisotopic (exact) mass is 482 g/mol. The number of ether oxygens (including phenoxy) is 2. The number of carbonyl (C=O) groups excluding carboxylic acids is 2. The molecule has 2 heterocycles. The Kier molecular flexibility index (Phi) is 8.93. The summed E-state index contributed by atoms with van der Waals surface area (Å²) in [6.45, 7) is 6.32. The summed E-state index contributed by atoms with van der Waals surface area (Å²) in [5.74, 6) is 0.164. The molecule has 0 aliphatic carbocycles. The largest absolute Gasteiger partial charge is 0.494 e. The lowest BCUT2D eigenvalue weighted by Crippen LogP contribution is -2.56. The van der Waals surface area contributed by atoms with E-state index in [2.05, 4.69) is 5.32 Å². The van der Waals surface area contributed by atoms with Gasteiger partial charge in [-0.2, -0.15) is 17.0 Å². The highest BCUT2D eigenvalue weighted by Gasteiger charge is 2.37. The standard InChI is InChI=1S/C22H34N4O6S/c1-3-31-20-10-6-5-8-18(20)16-23-21(27)19-9-7-11-26(17-19)33(29,30)25-14-12-24(13-15-25)22(28)32-4-2/h5-6,8,10,19H,3-4,7,9,11-17H2,1-2H3,(H,23,27). The summed E-state index contributed by atoms with van der Waals surface area (Å²) in [6.07, 6.45) is 0.840. The van der Waals surface area contributed by atoms with Crippen LogP contribution in [0.3, 0.4) is 0 Å². The van der Waals surface area contributed by atoms with Gasteiger partial charge in [0.05, 0.1) is 19.1 Å². The van der Waals surface area contributed by atoms with E-state index in [0.717, 1.165) is 11.3 Å². The second kappa shape index (κ2) is 11.7. The van der Waals surface area contributed by atoms with Crippen LogP contribution in [0.1, 0.15) is 32.3 Å². The third-order valence-electron chi connectivity index (χ3n) is 5.90. The van der Waals surface area contributed by atoms with Crippen molar-refractivity contribution < 1.29 is 27.5 Å². The number of piperazine rings is 1. The summed E-state index contributed by atoms with van der Waals surface area (Å²) in [5.41, 5.74) is 0.882. The molecule has 2 aliphatic heterocycles. The molecule has 11 heteroatoms. The van der Waals surface area contributed by atoms with E-state index in [1.54, 1.807) is 6.92 Å². The summed E-state index contributed by atoms with van der Waals surface area (Å²) in [5, 5.41) is 2.94. The molecule has 0 bridgehead atoms. The number of nitrogens with zero attached hydrogens (tertiary/aromatic N) is 3. The zero-order chi connectivity index (χ0) is 23.8. The number of amides is 2. The molecule has 0 spiro atoms. The Hall–Kier alpha value is -2.37. The molecule has 10 nitrogen and oxygen atoms in total. The van der Waals surface area contributed by atoms with Crippen molar-refractivity contribution >= 4 is 22.2 Å². The van der Waals surface area contributed by atoms with Crippen LogP contribution in [0.15, 0.2) is 24.3 Å². The molecule has 1 atom stereocenters. The molecular weight excluding hydrogens is 448 g/mol. The minimum absolute atomic E-state index is 0.152. The molecule has 1 N–H and O–H groups in total. The number of piperidine rings is 1. The Balaban J connectivity index is 1.55. The molecule has 0 saturated carbocycles. The number of hydrogen-bond acceptors (Lipinski definition) is 6. The highest BCUT2D eigenvalue weighted by Crippen LogP contribution is 2.23. The van der Waals surface area contributed by atoms with Gasteiger partial charge in [0.2, 0.25) is 5.91 Å². The number of nitrogens with one attached hydrogen (secondary N) is 1. The van der Waals surface area contributed by atoms with Crippen LogP contribution in [0.2, 0.25) is 0 Å². The van der Waals surface area contributed by atoms with Gasteiger partial charge in [0, 0.05) is 51.4 Å². The van der Waals surface area contributed by atoms with E-state index >= 15 is 0 Å². The van der Waals surface area contributed by atoms with Crippen molar-refractivity contribution in [3.63, 3.8) is 0 Å². The molecule has 33 heavy (non-hydrogen) atoms. The highest BCUT2D eigenvalue weighted by molar-refractivity contribution is 7.86. The van der Waals surface area contributed by atoms with Gasteiger partial charge in [0.25, 0.3) is 10.2 Å². The van der Waals surface area contributed by atoms with E-state index in [9.17, 15) is 18.0 Å². The summed E-state index contributed by atoms with van der Waals surface area (Å²) >= 11 is 0. The van der Waals surface area contributed by atoms with Gasteiger partial charge in [0.1, 0.15) is 5.75 Å². The summed E-state index contributed by atoms with van der Waals surface area (Å²) < 4.78 is 39.7. The molecule has 0 aromatic heterocycles. The number of rotatable bonds is 8. The van der Waals surface area contributed by atoms with Crippen LogP contribution in [0.25, 0.3) is 0 Å². The van der Waals surface area contributed by atoms with E-state index in [1.807, 2.05) is 31.2 Å². The molecule has 2 aliphatic rings. The topological polar surface area (TPSA) is 108 Å². The third-order valence-corrected chi connectivity index (χ3v) is 7.90. The molecular formula is C22H34N4O6S. The lowest BCUT2D eigenvalue weighted by atomic mass is 9.98. The fraction of sp³-hybridized carbons (Fsp3) is 0.636. The van der Waals surface area contributed by atoms with Gasteiger partial charge in [-0.25, -0.2) is 4.79 Å². The fourth-order valence-electron chi connectivity index (χ4n) is 4.12. The van der Waals surface area contributed by atoms with Gasteiger partial charge < -0.3 is 19.7 Å². The van der Waals surface area contributed by atoms with Gasteiger partial charge >= 0.3 is 6.09 Å². The number of carbonyl (C=O) groups is 2. The van der Waals surface area contributed by atoms with Crippen LogP contribution in [0, 0.1) is 5.92 Å². The fourth-order valence-corrected chi connectivity index (χ4v) is 5.80. The van der Waals surface area contributed by atoms with Crippen LogP contribution in [0.5, 0.6) is 5.75 Å². The Morgan fingerprint density at radius 2 is 1.76 bits per heavy atom. The molecule has 2 amide bonds. The first-order valence-corrected chi connectivity index (χ1v) is 12.9. The SMILES string of the molecule is CCOC(=O)N1CCN(S(=O)(=O)N2CCCC(C(=O)NCc3ccccc3OCC)C2)CC1. The van der Waals surface area contributed by atoms with Gasteiger partial charge in [-0.15, -0.1) is 0 Å². The van der Waals surface area contributed by atoms with Gasteiger partial charge in [-0.05, 0) is 32.8 Å². The van der Waals surface area contributed by atoms with E-state index < -0.39 is 22.2 Å². The third kappa shape index (κ3) is 6.36. The predicted octanol–water partition coefficient (Wildman–Crippen LogP) is 1.43. The molecule has 0 radical (unpaired) electrons. The quantitative estimate of drug-likeness (QED) is 0.601. The number of hydrogen-bond donors (Lipinski definition) is 1. The van der Waals surface area contributed by atoms with Gasteiger partial charge in [-0.3, -0.25) is 4.79 Å². The lowest BCUT2D eigenvalue weighted by Gasteiger charge is -2.38. The second-order valence-corrected chi connectivity index (χ2v) is 9.98. The maximum Gasteiger partial charge on any atom is 0.409 e. The van der Waals surface area contributed by atoms with Crippen molar-refractivity contribution in [1.29, 1.82) is 0 Å². The van der Waals surface area contributed by atoms with E-state index in [-0.39, 0.29) is 45.2 Å². The molecule has 3 rings (SSSR count). The van der Waals surface area contributed by atoms with Crippen molar-refractivity contribution in [2.24, 2.45) is 5.92 Å². The summed E-state index contributed by atoms with van der Waals surface area (Å²) in [7, 11) is -3.71. The van der Waals surface area contributed by atoms with Crippen molar-refractivity contribution in [2.75, 3.05) is 52.5 Å². The minimum atomic E-state index is -3.71. The van der Waals surface area contributed by atoms with Crippen LogP contribution in [0.4, 0.5) is 4.79 Å². The molecule has 1 aromatic rings. The predicted molar refractivity (Wildman–Crippen MR) is 123 cm³/mol. The molecule has 2 saturated heterocycles. The first-order valence-electron chi connectivity index (χ1n) is 11.5. The van der Waals surface area contributed by atoms with Crippen molar-refractivity contribution in [1.82, 2.24) is 18.8 Å². The van der Waals surface area contributed by atoms with Gasteiger partial charge in [-0.1, -0.05) is 18.2 Å². The molecule has 1 aromatic carbocycles. The Bertz CT molecular complexity index is 917. The molecule has 2 fully saturated rings. The maximum absolute atomic E-state index is 13.2. The zero-order valence-electron chi connectivity index (χ0n) is 19.4. The maximum atomic E-state index is 13.2. The van der Waals surface area contributed by atoms with E-state index in [0.29, 0.717) is 32.5 Å². The Labute approximate surface area is 196 Å². The number of benzene rings is 1. The van der Waals surface area contributed by atoms with E-state index in [1.165, 1.54) is 13.5 Å². The normalized spacial score (nSPS) is 20.3. The number of para-hydroxylation sites is 1. The van der Waals surface area contributed by atoms with Gasteiger partial charge in [0.15, 0.2) is 0 Å².